The first-order valence-electron chi connectivity index (χ1n) is 5.42. The minimum Gasteiger partial charge on any atom is -0.478 e. The minimum absolute atomic E-state index is 0.153. The van der Waals surface area contributed by atoms with Crippen molar-refractivity contribution >= 4 is 17.4 Å². The zero-order valence-corrected chi connectivity index (χ0v) is 10.7. The van der Waals surface area contributed by atoms with Crippen molar-refractivity contribution in [3.05, 3.63) is 12.4 Å². The summed E-state index contributed by atoms with van der Waals surface area (Å²) in [4.78, 5) is 8.15. The van der Waals surface area contributed by atoms with E-state index < -0.39 is 0 Å². The van der Waals surface area contributed by atoms with Crippen LogP contribution in [0.2, 0.25) is 0 Å². The van der Waals surface area contributed by atoms with Crippen molar-refractivity contribution in [1.82, 2.24) is 9.97 Å². The first-order valence-corrected chi connectivity index (χ1v) is 5.96. The molecule has 0 aliphatic heterocycles. The lowest BCUT2D eigenvalue weighted by molar-refractivity contribution is 0.326. The summed E-state index contributed by atoms with van der Waals surface area (Å²) in [6.45, 7) is 6.66. The highest BCUT2D eigenvalue weighted by Crippen LogP contribution is 2.20. The number of halogens is 1. The fourth-order valence-electron chi connectivity index (χ4n) is 1.16. The van der Waals surface area contributed by atoms with Gasteiger partial charge in [-0.1, -0.05) is 6.92 Å². The molecule has 4 nitrogen and oxygen atoms in total. The van der Waals surface area contributed by atoms with Crippen molar-refractivity contribution in [1.29, 1.82) is 0 Å². The van der Waals surface area contributed by atoms with Gasteiger partial charge in [0.05, 0.1) is 6.61 Å². The molecular weight excluding hydrogens is 226 g/mol. The molecule has 1 N–H and O–H groups in total. The van der Waals surface area contributed by atoms with E-state index in [0.29, 0.717) is 18.4 Å². The molecule has 0 aromatic carbocycles. The molecule has 90 valence electrons. The van der Waals surface area contributed by atoms with E-state index in [9.17, 15) is 0 Å². The quantitative estimate of drug-likeness (QED) is 0.781. The Balaban J connectivity index is 2.76. The normalized spacial score (nSPS) is 14.2. The predicted octanol–water partition coefficient (Wildman–Crippen LogP) is 2.69. The van der Waals surface area contributed by atoms with E-state index >= 15 is 0 Å². The highest BCUT2D eigenvalue weighted by atomic mass is 35.5. The van der Waals surface area contributed by atoms with Crippen molar-refractivity contribution < 1.29 is 4.74 Å². The third kappa shape index (κ3) is 3.52. The van der Waals surface area contributed by atoms with Gasteiger partial charge in [0.15, 0.2) is 0 Å². The van der Waals surface area contributed by atoms with Crippen LogP contribution in [0.25, 0.3) is 0 Å². The van der Waals surface area contributed by atoms with Gasteiger partial charge in [-0.05, 0) is 20.3 Å². The van der Waals surface area contributed by atoms with E-state index in [-0.39, 0.29) is 5.54 Å². The second-order valence-electron chi connectivity index (χ2n) is 3.85. The van der Waals surface area contributed by atoms with Gasteiger partial charge in [0, 0.05) is 17.5 Å². The van der Waals surface area contributed by atoms with Crippen LogP contribution in [0.4, 0.5) is 5.82 Å². The summed E-state index contributed by atoms with van der Waals surface area (Å²) < 4.78 is 5.30. The minimum atomic E-state index is -0.153. The van der Waals surface area contributed by atoms with E-state index in [0.717, 1.165) is 12.2 Å². The Morgan fingerprint density at radius 1 is 1.44 bits per heavy atom. The third-order valence-corrected chi connectivity index (χ3v) is 3.03. The van der Waals surface area contributed by atoms with Gasteiger partial charge in [0.2, 0.25) is 5.88 Å². The van der Waals surface area contributed by atoms with E-state index in [4.69, 9.17) is 16.3 Å². The summed E-state index contributed by atoms with van der Waals surface area (Å²) in [7, 11) is 0. The molecule has 0 spiro atoms. The summed E-state index contributed by atoms with van der Waals surface area (Å²) in [5, 5.41) is 3.29. The largest absolute Gasteiger partial charge is 0.478 e. The van der Waals surface area contributed by atoms with E-state index in [1.165, 1.54) is 6.33 Å². The fraction of sp³-hybridized carbons (Fsp3) is 0.636. The summed E-state index contributed by atoms with van der Waals surface area (Å²) in [6, 6.07) is 1.78. The molecule has 1 unspecified atom stereocenters. The van der Waals surface area contributed by atoms with Gasteiger partial charge >= 0.3 is 0 Å². The molecule has 5 heteroatoms. The highest BCUT2D eigenvalue weighted by molar-refractivity contribution is 6.18. The smallest absolute Gasteiger partial charge is 0.218 e. The van der Waals surface area contributed by atoms with Crippen LogP contribution in [-0.4, -0.2) is 28.0 Å². The molecule has 0 saturated carbocycles. The Bertz CT molecular complexity index is 329. The number of rotatable bonds is 6. The SMILES string of the molecule is CCOc1cc(NC(C)(CC)CCl)ncn1. The molecule has 1 aromatic rings. The Morgan fingerprint density at radius 2 is 2.19 bits per heavy atom. The lowest BCUT2D eigenvalue weighted by Gasteiger charge is -2.27. The van der Waals surface area contributed by atoms with Crippen LogP contribution < -0.4 is 10.1 Å². The summed E-state index contributed by atoms with van der Waals surface area (Å²) in [5.41, 5.74) is -0.153. The molecule has 0 saturated heterocycles. The van der Waals surface area contributed by atoms with Crippen molar-refractivity contribution in [2.45, 2.75) is 32.7 Å². The van der Waals surface area contributed by atoms with E-state index in [1.807, 2.05) is 6.92 Å². The number of hydrogen-bond acceptors (Lipinski definition) is 4. The van der Waals surface area contributed by atoms with Gasteiger partial charge in [0.25, 0.3) is 0 Å². The van der Waals surface area contributed by atoms with Crippen LogP contribution in [-0.2, 0) is 0 Å². The second kappa shape index (κ2) is 5.89. The van der Waals surface area contributed by atoms with E-state index in [2.05, 4.69) is 29.1 Å². The van der Waals surface area contributed by atoms with Gasteiger partial charge in [0.1, 0.15) is 12.1 Å². The lowest BCUT2D eigenvalue weighted by Crippen LogP contribution is -2.36. The first kappa shape index (κ1) is 13.0. The zero-order chi connectivity index (χ0) is 12.0. The standard InChI is InChI=1S/C11H18ClN3O/c1-4-11(3,7-12)15-9-6-10(16-5-2)14-8-13-9/h6,8H,4-5,7H2,1-3H3,(H,13,14,15). The number of ether oxygens (including phenoxy) is 1. The predicted molar refractivity (Wildman–Crippen MR) is 66.2 cm³/mol. The van der Waals surface area contributed by atoms with Crippen LogP contribution in [0.1, 0.15) is 27.2 Å². The molecular formula is C11H18ClN3O. The molecule has 0 amide bonds. The highest BCUT2D eigenvalue weighted by Gasteiger charge is 2.20. The van der Waals surface area contributed by atoms with Crippen LogP contribution >= 0.6 is 11.6 Å². The van der Waals surface area contributed by atoms with Gasteiger partial charge in [-0.15, -0.1) is 11.6 Å². The molecule has 1 rings (SSSR count). The van der Waals surface area contributed by atoms with Crippen molar-refractivity contribution in [3.8, 4) is 5.88 Å². The Hall–Kier alpha value is -1.03. The first-order chi connectivity index (χ1) is 7.63. The number of anilines is 1. The topological polar surface area (TPSA) is 47.0 Å². The zero-order valence-electron chi connectivity index (χ0n) is 9.96. The number of alkyl halides is 1. The van der Waals surface area contributed by atoms with E-state index in [1.54, 1.807) is 6.07 Å². The Kier molecular flexibility index (Phi) is 4.80. The molecule has 0 radical (unpaired) electrons. The van der Waals surface area contributed by atoms with Crippen molar-refractivity contribution in [2.24, 2.45) is 0 Å². The number of nitrogens with zero attached hydrogens (tertiary/aromatic N) is 2. The molecule has 1 heterocycles. The molecule has 0 fully saturated rings. The molecule has 16 heavy (non-hydrogen) atoms. The number of nitrogens with one attached hydrogen (secondary N) is 1. The summed E-state index contributed by atoms with van der Waals surface area (Å²) in [5.74, 6) is 1.84. The van der Waals surface area contributed by atoms with Crippen LogP contribution in [0.15, 0.2) is 12.4 Å². The molecule has 1 atom stereocenters. The van der Waals surface area contributed by atoms with Gasteiger partial charge in [-0.2, -0.15) is 0 Å². The van der Waals surface area contributed by atoms with Crippen molar-refractivity contribution in [3.63, 3.8) is 0 Å². The van der Waals surface area contributed by atoms with Crippen LogP contribution in [0.3, 0.4) is 0 Å². The van der Waals surface area contributed by atoms with Crippen molar-refractivity contribution in [2.75, 3.05) is 17.8 Å². The number of aromatic nitrogens is 2. The van der Waals surface area contributed by atoms with Gasteiger partial charge in [-0.3, -0.25) is 0 Å². The third-order valence-electron chi connectivity index (χ3n) is 2.44. The monoisotopic (exact) mass is 243 g/mol. The maximum absolute atomic E-state index is 5.92. The number of hydrogen-bond donors (Lipinski definition) is 1. The second-order valence-corrected chi connectivity index (χ2v) is 4.11. The fourth-order valence-corrected chi connectivity index (χ4v) is 1.42. The summed E-state index contributed by atoms with van der Waals surface area (Å²) in [6.07, 6.45) is 2.40. The maximum Gasteiger partial charge on any atom is 0.218 e. The Morgan fingerprint density at radius 3 is 2.75 bits per heavy atom. The molecule has 0 aliphatic rings. The average molecular weight is 244 g/mol. The van der Waals surface area contributed by atoms with Gasteiger partial charge < -0.3 is 10.1 Å². The average Bonchev–Trinajstić information content (AvgIpc) is 2.30. The molecule has 1 aromatic heterocycles. The summed E-state index contributed by atoms with van der Waals surface area (Å²) >= 11 is 5.92. The lowest BCUT2D eigenvalue weighted by atomic mass is 10.0. The van der Waals surface area contributed by atoms with Gasteiger partial charge in [-0.25, -0.2) is 9.97 Å². The maximum atomic E-state index is 5.92. The molecule has 0 bridgehead atoms. The van der Waals surface area contributed by atoms with Crippen LogP contribution in [0, 0.1) is 0 Å². The Labute approximate surface area is 101 Å². The molecule has 0 aliphatic carbocycles. The van der Waals surface area contributed by atoms with Crippen LogP contribution in [0.5, 0.6) is 5.88 Å².